The molecule has 2 rings (SSSR count). The van der Waals surface area contributed by atoms with E-state index in [9.17, 15) is 13.2 Å². The third-order valence-electron chi connectivity index (χ3n) is 2.40. The maximum atomic E-state index is 12.1. The summed E-state index contributed by atoms with van der Waals surface area (Å²) in [5.74, 6) is -1.42. The molecule has 1 heterocycles. The third kappa shape index (κ3) is 2.45. The highest BCUT2D eigenvalue weighted by molar-refractivity contribution is 7.92. The standard InChI is InChI=1S/C11H8N4O4S/c12-5-7-3-1-2-4-9(7)15-20(18,19)10-8(11(16)17)6-13-14-10/h1-4,6,15H,(H,13,14)(H,16,17). The third-order valence-corrected chi connectivity index (χ3v) is 3.73. The molecule has 0 bridgehead atoms. The second-order valence-corrected chi connectivity index (χ2v) is 5.30. The SMILES string of the molecule is N#Cc1ccccc1NS(=O)(=O)c1[nH]ncc1C(=O)O. The van der Waals surface area contributed by atoms with Crippen LogP contribution in [0.4, 0.5) is 5.69 Å². The van der Waals surface area contributed by atoms with Crippen molar-refractivity contribution in [3.05, 3.63) is 41.6 Å². The van der Waals surface area contributed by atoms with Crippen LogP contribution < -0.4 is 4.72 Å². The highest BCUT2D eigenvalue weighted by Crippen LogP contribution is 2.20. The molecule has 102 valence electrons. The predicted octanol–water partition coefficient (Wildman–Crippen LogP) is 0.780. The number of aromatic nitrogens is 2. The van der Waals surface area contributed by atoms with Crippen LogP contribution >= 0.6 is 0 Å². The average Bonchev–Trinajstić information content (AvgIpc) is 2.89. The number of hydrogen-bond donors (Lipinski definition) is 3. The quantitative estimate of drug-likeness (QED) is 0.761. The number of nitrogens with one attached hydrogen (secondary N) is 2. The summed E-state index contributed by atoms with van der Waals surface area (Å²) < 4.78 is 26.4. The van der Waals surface area contributed by atoms with Crippen LogP contribution in [0.3, 0.4) is 0 Å². The zero-order valence-electron chi connectivity index (χ0n) is 9.86. The predicted molar refractivity (Wildman–Crippen MR) is 67.5 cm³/mol. The largest absolute Gasteiger partial charge is 0.478 e. The van der Waals surface area contributed by atoms with Gasteiger partial charge < -0.3 is 5.11 Å². The van der Waals surface area contributed by atoms with Gasteiger partial charge in [0.15, 0.2) is 5.03 Å². The Morgan fingerprint density at radius 2 is 2.10 bits per heavy atom. The van der Waals surface area contributed by atoms with E-state index in [0.717, 1.165) is 6.20 Å². The first-order valence-corrected chi connectivity index (χ1v) is 6.72. The van der Waals surface area contributed by atoms with Gasteiger partial charge in [-0.05, 0) is 12.1 Å². The van der Waals surface area contributed by atoms with Crippen molar-refractivity contribution in [2.24, 2.45) is 0 Å². The molecule has 1 aromatic carbocycles. The number of nitriles is 1. The number of aromatic carboxylic acids is 1. The summed E-state index contributed by atoms with van der Waals surface area (Å²) in [5.41, 5.74) is -0.305. The van der Waals surface area contributed by atoms with Gasteiger partial charge in [0.25, 0.3) is 10.0 Å². The molecule has 0 aliphatic rings. The number of rotatable bonds is 4. The van der Waals surface area contributed by atoms with E-state index in [1.54, 1.807) is 12.1 Å². The molecule has 9 heteroatoms. The summed E-state index contributed by atoms with van der Waals surface area (Å²) in [4.78, 5) is 10.9. The van der Waals surface area contributed by atoms with E-state index in [2.05, 4.69) is 14.9 Å². The minimum atomic E-state index is -4.18. The molecule has 0 fully saturated rings. The lowest BCUT2D eigenvalue weighted by Crippen LogP contribution is -2.17. The number of carboxylic acid groups (broad SMARTS) is 1. The molecule has 0 amide bonds. The summed E-state index contributed by atoms with van der Waals surface area (Å²) in [6, 6.07) is 7.78. The van der Waals surface area contributed by atoms with Crippen molar-refractivity contribution in [1.29, 1.82) is 5.26 Å². The molecule has 0 aliphatic carbocycles. The van der Waals surface area contributed by atoms with Gasteiger partial charge in [-0.3, -0.25) is 9.82 Å². The Hall–Kier alpha value is -2.86. The Morgan fingerprint density at radius 3 is 2.75 bits per heavy atom. The maximum Gasteiger partial charge on any atom is 0.340 e. The number of anilines is 1. The Morgan fingerprint density at radius 1 is 1.40 bits per heavy atom. The molecule has 0 aliphatic heterocycles. The van der Waals surface area contributed by atoms with Crippen molar-refractivity contribution in [2.75, 3.05) is 4.72 Å². The molecule has 3 N–H and O–H groups in total. The van der Waals surface area contributed by atoms with Gasteiger partial charge in [0, 0.05) is 0 Å². The first-order valence-electron chi connectivity index (χ1n) is 5.24. The fourth-order valence-electron chi connectivity index (χ4n) is 1.50. The maximum absolute atomic E-state index is 12.1. The normalized spacial score (nSPS) is 10.8. The van der Waals surface area contributed by atoms with Crippen molar-refractivity contribution < 1.29 is 18.3 Å². The number of aromatic amines is 1. The lowest BCUT2D eigenvalue weighted by atomic mass is 10.2. The number of nitrogens with zero attached hydrogens (tertiary/aromatic N) is 2. The minimum Gasteiger partial charge on any atom is -0.478 e. The van der Waals surface area contributed by atoms with Gasteiger partial charge in [-0.1, -0.05) is 12.1 Å². The fraction of sp³-hybridized carbons (Fsp3) is 0. The van der Waals surface area contributed by atoms with E-state index >= 15 is 0 Å². The smallest absolute Gasteiger partial charge is 0.340 e. The molecule has 0 saturated carbocycles. The van der Waals surface area contributed by atoms with Gasteiger partial charge in [-0.15, -0.1) is 0 Å². The van der Waals surface area contributed by atoms with Crippen LogP contribution in [-0.2, 0) is 10.0 Å². The van der Waals surface area contributed by atoms with Crippen molar-refractivity contribution in [2.45, 2.75) is 5.03 Å². The summed E-state index contributed by atoms with van der Waals surface area (Å²) >= 11 is 0. The van der Waals surface area contributed by atoms with Gasteiger partial charge in [0.2, 0.25) is 0 Å². The number of sulfonamides is 1. The highest BCUT2D eigenvalue weighted by atomic mass is 32.2. The van der Waals surface area contributed by atoms with Gasteiger partial charge in [0.05, 0.1) is 17.4 Å². The van der Waals surface area contributed by atoms with Gasteiger partial charge in [0.1, 0.15) is 11.6 Å². The van der Waals surface area contributed by atoms with Crippen LogP contribution in [-0.4, -0.2) is 29.7 Å². The Kier molecular flexibility index (Phi) is 3.41. The number of benzene rings is 1. The average molecular weight is 292 g/mol. The Labute approximate surface area is 113 Å². The van der Waals surface area contributed by atoms with Crippen molar-refractivity contribution in [3.63, 3.8) is 0 Å². The first kappa shape index (κ1) is 13.6. The van der Waals surface area contributed by atoms with E-state index in [-0.39, 0.29) is 11.3 Å². The van der Waals surface area contributed by atoms with Crippen LogP contribution in [0.5, 0.6) is 0 Å². The molecule has 0 radical (unpaired) electrons. The Balaban J connectivity index is 2.45. The van der Waals surface area contributed by atoms with Crippen LogP contribution in [0, 0.1) is 11.3 Å². The van der Waals surface area contributed by atoms with Gasteiger partial charge >= 0.3 is 5.97 Å². The van der Waals surface area contributed by atoms with E-state index < -0.39 is 26.6 Å². The minimum absolute atomic E-state index is 0.0564. The van der Waals surface area contributed by atoms with Crippen LogP contribution in [0.15, 0.2) is 35.5 Å². The Bertz CT molecular complexity index is 804. The molecule has 1 aromatic heterocycles. The molecule has 0 saturated heterocycles. The summed E-state index contributed by atoms with van der Waals surface area (Å²) in [6.45, 7) is 0. The van der Waals surface area contributed by atoms with Gasteiger partial charge in [-0.25, -0.2) is 4.79 Å². The lowest BCUT2D eigenvalue weighted by Gasteiger charge is -2.08. The van der Waals surface area contributed by atoms with Crippen molar-refractivity contribution in [3.8, 4) is 6.07 Å². The lowest BCUT2D eigenvalue weighted by molar-refractivity contribution is 0.0692. The number of carbonyl (C=O) groups is 1. The molecule has 20 heavy (non-hydrogen) atoms. The molecular formula is C11H8N4O4S. The zero-order valence-corrected chi connectivity index (χ0v) is 10.7. The monoisotopic (exact) mass is 292 g/mol. The summed E-state index contributed by atoms with van der Waals surface area (Å²) in [5, 5.41) is 22.7. The molecule has 2 aromatic rings. The first-order chi connectivity index (χ1) is 9.45. The summed E-state index contributed by atoms with van der Waals surface area (Å²) in [7, 11) is -4.18. The second kappa shape index (κ2) is 5.02. The number of hydrogen-bond acceptors (Lipinski definition) is 5. The van der Waals surface area contributed by atoms with E-state index in [4.69, 9.17) is 10.4 Å². The zero-order chi connectivity index (χ0) is 14.8. The summed E-state index contributed by atoms with van der Waals surface area (Å²) in [6.07, 6.45) is 0.896. The number of H-pyrrole nitrogens is 1. The topological polar surface area (TPSA) is 136 Å². The fourth-order valence-corrected chi connectivity index (χ4v) is 2.67. The van der Waals surface area contributed by atoms with Crippen LogP contribution in [0.25, 0.3) is 0 Å². The number of para-hydroxylation sites is 1. The van der Waals surface area contributed by atoms with Crippen molar-refractivity contribution in [1.82, 2.24) is 10.2 Å². The van der Waals surface area contributed by atoms with Crippen molar-refractivity contribution >= 4 is 21.7 Å². The highest BCUT2D eigenvalue weighted by Gasteiger charge is 2.25. The number of carboxylic acids is 1. The molecule has 8 nitrogen and oxygen atoms in total. The molecular weight excluding hydrogens is 284 g/mol. The van der Waals surface area contributed by atoms with E-state index in [0.29, 0.717) is 0 Å². The molecule has 0 atom stereocenters. The van der Waals surface area contributed by atoms with E-state index in [1.165, 1.54) is 12.1 Å². The van der Waals surface area contributed by atoms with Gasteiger partial charge in [-0.2, -0.15) is 18.8 Å². The molecule has 0 unspecified atom stereocenters. The second-order valence-electron chi connectivity index (χ2n) is 3.68. The van der Waals surface area contributed by atoms with E-state index in [1.807, 2.05) is 6.07 Å². The van der Waals surface area contributed by atoms with Crippen LogP contribution in [0.1, 0.15) is 15.9 Å². The van der Waals surface area contributed by atoms with Crippen LogP contribution in [0.2, 0.25) is 0 Å². The molecule has 0 spiro atoms.